The second kappa shape index (κ2) is 3.56. The van der Waals surface area contributed by atoms with Gasteiger partial charge < -0.3 is 10.2 Å². The van der Waals surface area contributed by atoms with Gasteiger partial charge in [-0.1, -0.05) is 13.8 Å². The van der Waals surface area contributed by atoms with E-state index in [4.69, 9.17) is 10.2 Å². The molecule has 0 saturated heterocycles. The zero-order valence-corrected chi connectivity index (χ0v) is 6.42. The van der Waals surface area contributed by atoms with Crippen LogP contribution in [0.3, 0.4) is 0 Å². The fraction of sp³-hybridized carbons (Fsp3) is 0.857. The minimum atomic E-state index is -0.903. The number of aliphatic hydroxyl groups is 1. The van der Waals surface area contributed by atoms with Crippen molar-refractivity contribution in [3.05, 3.63) is 0 Å². The number of hydrogen-bond acceptors (Lipinski definition) is 2. The first-order valence-electron chi connectivity index (χ1n) is 3.47. The van der Waals surface area contributed by atoms with Crippen molar-refractivity contribution in [2.24, 2.45) is 5.41 Å². The Bertz CT molecular complexity index is 108. The molecule has 3 heteroatoms. The summed E-state index contributed by atoms with van der Waals surface area (Å²) in [6.45, 7) is 3.27. The van der Waals surface area contributed by atoms with E-state index in [1.165, 1.54) is 0 Å². The highest BCUT2D eigenvalue weighted by atomic mass is 16.4. The summed E-state index contributed by atoms with van der Waals surface area (Å²) in [4.78, 5) is 10.6. The molecule has 0 fully saturated rings. The normalized spacial score (nSPS) is 11.5. The van der Waals surface area contributed by atoms with Crippen LogP contribution in [0.4, 0.5) is 0 Å². The van der Waals surface area contributed by atoms with Crippen LogP contribution in [-0.2, 0) is 4.79 Å². The molecule has 0 aromatic rings. The quantitative estimate of drug-likeness (QED) is 0.618. The van der Waals surface area contributed by atoms with E-state index in [0.717, 1.165) is 0 Å². The fourth-order valence-electron chi connectivity index (χ4n) is 0.844. The molecule has 3 nitrogen and oxygen atoms in total. The van der Waals surface area contributed by atoms with Crippen LogP contribution >= 0.6 is 0 Å². The molecule has 0 aromatic carbocycles. The van der Waals surface area contributed by atoms with Gasteiger partial charge in [-0.2, -0.15) is 0 Å². The lowest BCUT2D eigenvalue weighted by Gasteiger charge is -2.23. The van der Waals surface area contributed by atoms with Crippen molar-refractivity contribution < 1.29 is 15.0 Å². The summed E-state index contributed by atoms with van der Waals surface area (Å²) in [6, 6.07) is 0. The van der Waals surface area contributed by atoms with Crippen molar-refractivity contribution >= 4 is 5.97 Å². The average Bonchev–Trinajstić information content (AvgIpc) is 1.92. The largest absolute Gasteiger partial charge is 0.481 e. The Labute approximate surface area is 60.7 Å². The van der Waals surface area contributed by atoms with Crippen molar-refractivity contribution in [3.63, 3.8) is 0 Å². The van der Waals surface area contributed by atoms with E-state index in [-0.39, 0.29) is 6.61 Å². The van der Waals surface area contributed by atoms with Crippen LogP contribution in [0.2, 0.25) is 0 Å². The standard InChI is InChI=1S/C7H14O3/c1-3-7(4-2,5-8)6(9)10/h8H,3-5H2,1-2H3,(H,9,10). The van der Waals surface area contributed by atoms with Gasteiger partial charge in [-0.15, -0.1) is 0 Å². The van der Waals surface area contributed by atoms with Gasteiger partial charge >= 0.3 is 5.97 Å². The van der Waals surface area contributed by atoms with Crippen LogP contribution in [0, 0.1) is 5.41 Å². The van der Waals surface area contributed by atoms with Gasteiger partial charge in [0.2, 0.25) is 0 Å². The number of carboxylic acid groups (broad SMARTS) is 1. The number of aliphatic carboxylic acids is 1. The molecule has 2 N–H and O–H groups in total. The van der Waals surface area contributed by atoms with Gasteiger partial charge in [0.1, 0.15) is 0 Å². The lowest BCUT2D eigenvalue weighted by atomic mass is 9.83. The highest BCUT2D eigenvalue weighted by molar-refractivity contribution is 5.74. The maximum Gasteiger partial charge on any atom is 0.311 e. The molecule has 0 bridgehead atoms. The molecule has 0 aliphatic rings. The Kier molecular flexibility index (Phi) is 3.36. The molecule has 0 radical (unpaired) electrons. The summed E-state index contributed by atoms with van der Waals surface area (Å²) in [5.74, 6) is -0.903. The fourth-order valence-corrected chi connectivity index (χ4v) is 0.844. The summed E-state index contributed by atoms with van der Waals surface area (Å²) in [6.07, 6.45) is 0.963. The summed E-state index contributed by atoms with van der Waals surface area (Å²) in [5, 5.41) is 17.4. The minimum absolute atomic E-state index is 0.269. The van der Waals surface area contributed by atoms with Gasteiger partial charge in [-0.25, -0.2) is 0 Å². The van der Waals surface area contributed by atoms with Gasteiger partial charge in [0, 0.05) is 0 Å². The summed E-state index contributed by atoms with van der Waals surface area (Å²) < 4.78 is 0. The second-order valence-corrected chi connectivity index (χ2v) is 2.45. The molecule has 10 heavy (non-hydrogen) atoms. The number of rotatable bonds is 4. The smallest absolute Gasteiger partial charge is 0.311 e. The summed E-state index contributed by atoms with van der Waals surface area (Å²) >= 11 is 0. The van der Waals surface area contributed by atoms with Crippen LogP contribution in [0.1, 0.15) is 26.7 Å². The number of carboxylic acids is 1. The molecule has 0 amide bonds. The first kappa shape index (κ1) is 9.43. The maximum absolute atomic E-state index is 10.6. The first-order chi connectivity index (χ1) is 4.63. The lowest BCUT2D eigenvalue weighted by molar-refractivity contribution is -0.152. The SMILES string of the molecule is CCC(CC)(CO)C(=O)O. The second-order valence-electron chi connectivity index (χ2n) is 2.45. The number of carbonyl (C=O) groups is 1. The molecule has 0 atom stereocenters. The predicted molar refractivity (Wildman–Crippen MR) is 37.7 cm³/mol. The molecule has 0 rings (SSSR count). The monoisotopic (exact) mass is 146 g/mol. The Hall–Kier alpha value is -0.570. The van der Waals surface area contributed by atoms with Crippen LogP contribution in [0.5, 0.6) is 0 Å². The van der Waals surface area contributed by atoms with Crippen molar-refractivity contribution in [1.82, 2.24) is 0 Å². The molecule has 0 aromatic heterocycles. The zero-order chi connectivity index (χ0) is 8.20. The Morgan fingerprint density at radius 1 is 1.40 bits per heavy atom. The van der Waals surface area contributed by atoms with E-state index >= 15 is 0 Å². The molecule has 0 aliphatic carbocycles. The number of hydrogen-bond donors (Lipinski definition) is 2. The van der Waals surface area contributed by atoms with Gasteiger partial charge in [0.25, 0.3) is 0 Å². The van der Waals surface area contributed by atoms with E-state index in [1.54, 1.807) is 13.8 Å². The van der Waals surface area contributed by atoms with Crippen molar-refractivity contribution in [3.8, 4) is 0 Å². The van der Waals surface area contributed by atoms with Crippen LogP contribution in [-0.4, -0.2) is 22.8 Å². The van der Waals surface area contributed by atoms with Crippen molar-refractivity contribution in [2.45, 2.75) is 26.7 Å². The average molecular weight is 146 g/mol. The van der Waals surface area contributed by atoms with E-state index in [1.807, 2.05) is 0 Å². The zero-order valence-electron chi connectivity index (χ0n) is 6.42. The molecule has 0 aliphatic heterocycles. The highest BCUT2D eigenvalue weighted by Crippen LogP contribution is 2.25. The van der Waals surface area contributed by atoms with E-state index in [0.29, 0.717) is 12.8 Å². The van der Waals surface area contributed by atoms with E-state index in [2.05, 4.69) is 0 Å². The molecule has 0 heterocycles. The van der Waals surface area contributed by atoms with Gasteiger partial charge in [-0.05, 0) is 12.8 Å². The van der Waals surface area contributed by atoms with Gasteiger partial charge in [0.15, 0.2) is 0 Å². The van der Waals surface area contributed by atoms with Crippen LogP contribution in [0.25, 0.3) is 0 Å². The third kappa shape index (κ3) is 1.48. The molecular weight excluding hydrogens is 132 g/mol. The topological polar surface area (TPSA) is 57.5 Å². The predicted octanol–water partition coefficient (Wildman–Crippen LogP) is 0.870. The Morgan fingerprint density at radius 2 is 1.80 bits per heavy atom. The van der Waals surface area contributed by atoms with Gasteiger partial charge in [-0.3, -0.25) is 4.79 Å². The molecule has 0 saturated carbocycles. The number of aliphatic hydroxyl groups excluding tert-OH is 1. The Balaban J connectivity index is 4.31. The third-order valence-corrected chi connectivity index (χ3v) is 2.11. The third-order valence-electron chi connectivity index (χ3n) is 2.11. The molecule has 0 unspecified atom stereocenters. The van der Waals surface area contributed by atoms with E-state index < -0.39 is 11.4 Å². The minimum Gasteiger partial charge on any atom is -0.481 e. The molecular formula is C7H14O3. The maximum atomic E-state index is 10.6. The Morgan fingerprint density at radius 3 is 1.80 bits per heavy atom. The van der Waals surface area contributed by atoms with Crippen LogP contribution in [0.15, 0.2) is 0 Å². The van der Waals surface area contributed by atoms with E-state index in [9.17, 15) is 4.79 Å². The summed E-state index contributed by atoms with van der Waals surface area (Å²) in [5.41, 5.74) is -0.903. The van der Waals surface area contributed by atoms with Crippen LogP contribution < -0.4 is 0 Å². The summed E-state index contributed by atoms with van der Waals surface area (Å²) in [7, 11) is 0. The van der Waals surface area contributed by atoms with Crippen molar-refractivity contribution in [2.75, 3.05) is 6.61 Å². The van der Waals surface area contributed by atoms with Crippen molar-refractivity contribution in [1.29, 1.82) is 0 Å². The molecule has 60 valence electrons. The van der Waals surface area contributed by atoms with Gasteiger partial charge in [0.05, 0.1) is 12.0 Å². The first-order valence-corrected chi connectivity index (χ1v) is 3.47. The molecule has 0 spiro atoms. The highest BCUT2D eigenvalue weighted by Gasteiger charge is 2.33. The lowest BCUT2D eigenvalue weighted by Crippen LogP contribution is -2.33.